The first-order valence-corrected chi connectivity index (χ1v) is 9.51. The van der Waals surface area contributed by atoms with Crippen molar-refractivity contribution in [2.45, 2.75) is 12.8 Å². The van der Waals surface area contributed by atoms with E-state index >= 15 is 0 Å². The van der Waals surface area contributed by atoms with E-state index in [2.05, 4.69) is 28.1 Å². The lowest BCUT2D eigenvalue weighted by atomic mass is 10.1. The van der Waals surface area contributed by atoms with Crippen molar-refractivity contribution in [1.29, 1.82) is 0 Å². The molecular weight excluding hydrogens is 374 g/mol. The number of nitrogens with zero attached hydrogens (tertiary/aromatic N) is 3. The van der Waals surface area contributed by atoms with E-state index in [4.69, 9.17) is 0 Å². The number of aromatic nitrogens is 1. The lowest BCUT2D eigenvalue weighted by molar-refractivity contribution is 0.468. The van der Waals surface area contributed by atoms with Gasteiger partial charge in [0, 0.05) is 23.6 Å². The number of phenols is 2. The highest BCUT2D eigenvalue weighted by molar-refractivity contribution is 5.86. The van der Waals surface area contributed by atoms with E-state index in [1.54, 1.807) is 54.9 Å². The van der Waals surface area contributed by atoms with Crippen LogP contribution < -0.4 is 0 Å². The third-order valence-electron chi connectivity index (χ3n) is 4.42. The van der Waals surface area contributed by atoms with Crippen LogP contribution in [0.5, 0.6) is 11.5 Å². The molecule has 1 heterocycles. The summed E-state index contributed by atoms with van der Waals surface area (Å²) in [5.41, 5.74) is 2.79. The molecule has 0 aliphatic carbocycles. The summed E-state index contributed by atoms with van der Waals surface area (Å²) in [5.74, 6) is 1.29. The Morgan fingerprint density at radius 2 is 1.13 bits per heavy atom. The van der Waals surface area contributed by atoms with Crippen LogP contribution >= 0.6 is 0 Å². The van der Waals surface area contributed by atoms with E-state index in [0.717, 1.165) is 11.1 Å². The summed E-state index contributed by atoms with van der Waals surface area (Å²) in [6.45, 7) is 7.40. The first-order chi connectivity index (χ1) is 14.6. The first-order valence-electron chi connectivity index (χ1n) is 9.51. The largest absolute Gasteiger partial charge is 0.507 e. The van der Waals surface area contributed by atoms with E-state index in [-0.39, 0.29) is 11.5 Å². The second kappa shape index (κ2) is 9.98. The van der Waals surface area contributed by atoms with Gasteiger partial charge in [0.2, 0.25) is 0 Å². The third-order valence-corrected chi connectivity index (χ3v) is 4.42. The monoisotopic (exact) mass is 397 g/mol. The molecule has 2 N–H and O–H groups in total. The molecule has 3 rings (SSSR count). The normalized spacial score (nSPS) is 11.2. The fourth-order valence-corrected chi connectivity index (χ4v) is 2.90. The standard InChI is InChI=1S/C25H23N3O2/c1-3-8-18-10-5-12-20(24(18)29)16-26-22-14-7-15-23(28-22)27-17-21-13-6-11-19(9-4-2)25(21)30/h3-7,10-17,29-30H,1-2,8-9H2/b26-16+,27-17?. The predicted octanol–water partition coefficient (Wildman–Crippen LogP) is 5.45. The zero-order chi connectivity index (χ0) is 21.3. The second-order valence-electron chi connectivity index (χ2n) is 6.57. The van der Waals surface area contributed by atoms with Gasteiger partial charge >= 0.3 is 0 Å². The van der Waals surface area contributed by atoms with Crippen LogP contribution in [-0.2, 0) is 12.8 Å². The van der Waals surface area contributed by atoms with Crippen molar-refractivity contribution in [1.82, 2.24) is 4.98 Å². The summed E-state index contributed by atoms with van der Waals surface area (Å²) in [6.07, 6.45) is 7.78. The number of aliphatic imine (C=N–C) groups is 2. The van der Waals surface area contributed by atoms with Gasteiger partial charge in [0.05, 0.1) is 0 Å². The van der Waals surface area contributed by atoms with Gasteiger partial charge in [-0.3, -0.25) is 0 Å². The average Bonchev–Trinajstić information content (AvgIpc) is 2.75. The minimum absolute atomic E-state index is 0.185. The predicted molar refractivity (Wildman–Crippen MR) is 123 cm³/mol. The van der Waals surface area contributed by atoms with Gasteiger partial charge in [0.25, 0.3) is 0 Å². The molecule has 5 heteroatoms. The molecule has 0 bridgehead atoms. The number of pyridine rings is 1. The van der Waals surface area contributed by atoms with Crippen LogP contribution in [0.3, 0.4) is 0 Å². The number of rotatable bonds is 8. The summed E-state index contributed by atoms with van der Waals surface area (Å²) in [4.78, 5) is 13.1. The van der Waals surface area contributed by atoms with Crippen molar-refractivity contribution in [3.05, 3.63) is 102 Å². The minimum atomic E-state index is 0.185. The van der Waals surface area contributed by atoms with Gasteiger partial charge in [-0.15, -0.1) is 13.2 Å². The maximum atomic E-state index is 10.3. The highest BCUT2D eigenvalue weighted by Crippen LogP contribution is 2.24. The Kier molecular flexibility index (Phi) is 6.90. The molecule has 0 fully saturated rings. The molecule has 1 aromatic heterocycles. The SMILES string of the molecule is C=CCc1cccc(C=Nc2cccc(/N=C/c3cccc(CC=C)c3O)n2)c1O. The Morgan fingerprint density at radius 1 is 0.700 bits per heavy atom. The topological polar surface area (TPSA) is 78.1 Å². The van der Waals surface area contributed by atoms with E-state index in [0.29, 0.717) is 35.6 Å². The maximum Gasteiger partial charge on any atom is 0.154 e. The van der Waals surface area contributed by atoms with Crippen LogP contribution in [0.4, 0.5) is 11.6 Å². The van der Waals surface area contributed by atoms with E-state index < -0.39 is 0 Å². The quantitative estimate of drug-likeness (QED) is 0.392. The third kappa shape index (κ3) is 5.08. The molecule has 0 saturated carbocycles. The number of aromatic hydroxyl groups is 2. The van der Waals surface area contributed by atoms with E-state index in [1.165, 1.54) is 0 Å². The van der Waals surface area contributed by atoms with Crippen molar-refractivity contribution in [3.63, 3.8) is 0 Å². The zero-order valence-electron chi connectivity index (χ0n) is 16.6. The highest BCUT2D eigenvalue weighted by atomic mass is 16.3. The van der Waals surface area contributed by atoms with Gasteiger partial charge in [-0.25, -0.2) is 15.0 Å². The van der Waals surface area contributed by atoms with Crippen molar-refractivity contribution in [2.24, 2.45) is 9.98 Å². The molecule has 0 aliphatic heterocycles. The Morgan fingerprint density at radius 3 is 1.57 bits per heavy atom. The lowest BCUT2D eigenvalue weighted by Gasteiger charge is -2.05. The molecular formula is C25H23N3O2. The molecule has 0 radical (unpaired) electrons. The maximum absolute atomic E-state index is 10.3. The molecule has 150 valence electrons. The van der Waals surface area contributed by atoms with Gasteiger partial charge in [0.1, 0.15) is 11.5 Å². The van der Waals surface area contributed by atoms with Crippen molar-refractivity contribution < 1.29 is 10.2 Å². The molecule has 30 heavy (non-hydrogen) atoms. The van der Waals surface area contributed by atoms with Crippen LogP contribution in [0.15, 0.2) is 89.9 Å². The van der Waals surface area contributed by atoms with Crippen LogP contribution in [0, 0.1) is 0 Å². The summed E-state index contributed by atoms with van der Waals surface area (Å²) < 4.78 is 0. The van der Waals surface area contributed by atoms with Gasteiger partial charge in [-0.2, -0.15) is 0 Å². The van der Waals surface area contributed by atoms with E-state index in [9.17, 15) is 10.2 Å². The fourth-order valence-electron chi connectivity index (χ4n) is 2.90. The van der Waals surface area contributed by atoms with Crippen LogP contribution in [-0.4, -0.2) is 27.6 Å². The van der Waals surface area contributed by atoms with Crippen LogP contribution in [0.25, 0.3) is 0 Å². The number of hydrogen-bond donors (Lipinski definition) is 2. The summed E-state index contributed by atoms with van der Waals surface area (Å²) in [5, 5.41) is 20.7. The van der Waals surface area contributed by atoms with Crippen molar-refractivity contribution >= 4 is 24.1 Å². The summed E-state index contributed by atoms with van der Waals surface area (Å²) in [7, 11) is 0. The Bertz CT molecular complexity index is 1030. The van der Waals surface area contributed by atoms with Crippen LogP contribution in [0.1, 0.15) is 22.3 Å². The average molecular weight is 397 g/mol. The molecule has 5 nitrogen and oxygen atoms in total. The van der Waals surface area contributed by atoms with Gasteiger partial charge in [-0.05, 0) is 48.2 Å². The zero-order valence-corrected chi connectivity index (χ0v) is 16.6. The molecule has 0 aliphatic rings. The highest BCUT2D eigenvalue weighted by Gasteiger charge is 2.05. The molecule has 0 saturated heterocycles. The summed E-state index contributed by atoms with van der Waals surface area (Å²) in [6, 6.07) is 16.3. The number of allylic oxidation sites excluding steroid dienone is 2. The molecule has 0 unspecified atom stereocenters. The van der Waals surface area contributed by atoms with Gasteiger partial charge in [-0.1, -0.05) is 42.5 Å². The number of hydrogen-bond acceptors (Lipinski definition) is 5. The Balaban J connectivity index is 1.80. The molecule has 2 aromatic carbocycles. The fraction of sp³-hybridized carbons (Fsp3) is 0.0800. The molecule has 0 atom stereocenters. The molecule has 3 aromatic rings. The Labute approximate surface area is 176 Å². The minimum Gasteiger partial charge on any atom is -0.507 e. The smallest absolute Gasteiger partial charge is 0.154 e. The molecule has 0 amide bonds. The second-order valence-corrected chi connectivity index (χ2v) is 6.57. The van der Waals surface area contributed by atoms with Gasteiger partial charge < -0.3 is 10.2 Å². The number of phenolic OH excluding ortho intramolecular Hbond substituents is 2. The van der Waals surface area contributed by atoms with E-state index in [1.807, 2.05) is 24.3 Å². The first kappa shape index (κ1) is 20.7. The summed E-state index contributed by atoms with van der Waals surface area (Å²) >= 11 is 0. The number of benzene rings is 2. The van der Waals surface area contributed by atoms with Gasteiger partial charge in [0.15, 0.2) is 11.6 Å². The van der Waals surface area contributed by atoms with Crippen LogP contribution in [0.2, 0.25) is 0 Å². The lowest BCUT2D eigenvalue weighted by Crippen LogP contribution is -1.89. The van der Waals surface area contributed by atoms with Crippen molar-refractivity contribution in [2.75, 3.05) is 0 Å². The Hall–Kier alpha value is -3.99. The number of para-hydroxylation sites is 2. The van der Waals surface area contributed by atoms with Crippen molar-refractivity contribution in [3.8, 4) is 11.5 Å². The molecule has 0 spiro atoms.